The molecule has 0 unspecified atom stereocenters. The summed E-state index contributed by atoms with van der Waals surface area (Å²) in [4.78, 5) is 24.5. The van der Waals surface area contributed by atoms with Crippen LogP contribution >= 0.6 is 0 Å². The summed E-state index contributed by atoms with van der Waals surface area (Å²) in [6, 6.07) is 7.11. The predicted octanol–water partition coefficient (Wildman–Crippen LogP) is 3.07. The van der Waals surface area contributed by atoms with Gasteiger partial charge in [0, 0.05) is 23.6 Å². The lowest BCUT2D eigenvalue weighted by Crippen LogP contribution is -2.52. The van der Waals surface area contributed by atoms with Gasteiger partial charge in [-0.15, -0.1) is 0 Å². The molecule has 2 amide bonds. The van der Waals surface area contributed by atoms with E-state index >= 15 is 0 Å². The molecule has 0 radical (unpaired) electrons. The number of nitrogens with zero attached hydrogens (tertiary/aromatic N) is 1. The number of carbonyl (C=O) groups excluding carboxylic acids is 2. The van der Waals surface area contributed by atoms with Crippen LogP contribution < -0.4 is 11.1 Å². The number of rotatable bonds is 6. The van der Waals surface area contributed by atoms with Crippen LogP contribution in [0.25, 0.3) is 10.9 Å². The third-order valence-corrected chi connectivity index (χ3v) is 4.21. The number of carbonyl (C=O) groups is 2. The fourth-order valence-corrected chi connectivity index (χ4v) is 2.86. The summed E-state index contributed by atoms with van der Waals surface area (Å²) in [7, 11) is 0. The summed E-state index contributed by atoms with van der Waals surface area (Å²) in [5, 5.41) is 3.70. The fraction of sp³-hybridized carbons (Fsp3) is 0.474. The van der Waals surface area contributed by atoms with Gasteiger partial charge in [0.2, 0.25) is 5.91 Å². The van der Waals surface area contributed by atoms with Crippen LogP contribution in [0.3, 0.4) is 0 Å². The molecule has 0 bridgehead atoms. The highest BCUT2D eigenvalue weighted by Crippen LogP contribution is 2.24. The largest absolute Gasteiger partial charge is 0.368 e. The van der Waals surface area contributed by atoms with E-state index in [9.17, 15) is 9.59 Å². The van der Waals surface area contributed by atoms with E-state index in [0.717, 1.165) is 30.3 Å². The quantitative estimate of drug-likeness (QED) is 0.854. The molecular formula is C19H27N3O2. The van der Waals surface area contributed by atoms with Crippen molar-refractivity contribution >= 4 is 22.7 Å². The zero-order valence-corrected chi connectivity index (χ0v) is 14.9. The summed E-state index contributed by atoms with van der Waals surface area (Å²) in [5.41, 5.74) is 6.64. The van der Waals surface area contributed by atoms with Gasteiger partial charge in [0.15, 0.2) is 0 Å². The Balaban J connectivity index is 2.37. The lowest BCUT2D eigenvalue weighted by Gasteiger charge is -2.28. The van der Waals surface area contributed by atoms with Crippen LogP contribution in [0.1, 0.15) is 50.9 Å². The first-order chi connectivity index (χ1) is 11.3. The summed E-state index contributed by atoms with van der Waals surface area (Å²) in [5.74, 6) is -0.786. The number of unbranched alkanes of at least 4 members (excludes halogenated alkanes) is 1. The molecular weight excluding hydrogens is 302 g/mol. The molecule has 1 aromatic carbocycles. The lowest BCUT2D eigenvalue weighted by atomic mass is 9.86. The van der Waals surface area contributed by atoms with E-state index in [4.69, 9.17) is 5.73 Å². The summed E-state index contributed by atoms with van der Waals surface area (Å²) >= 11 is 0. The van der Waals surface area contributed by atoms with Crippen molar-refractivity contribution < 1.29 is 9.59 Å². The number of hydrogen-bond acceptors (Lipinski definition) is 2. The summed E-state index contributed by atoms with van der Waals surface area (Å²) < 4.78 is 2.10. The molecule has 0 saturated heterocycles. The van der Waals surface area contributed by atoms with Crippen LogP contribution in [0.5, 0.6) is 0 Å². The number of fused-ring (bicyclic) bond motifs is 1. The number of nitrogens with one attached hydrogen (secondary N) is 1. The first kappa shape index (κ1) is 18.0. The average molecular weight is 329 g/mol. The molecule has 0 spiro atoms. The van der Waals surface area contributed by atoms with Gasteiger partial charge in [-0.05, 0) is 17.9 Å². The molecule has 0 aliphatic heterocycles. The Kier molecular flexibility index (Phi) is 5.32. The second-order valence-corrected chi connectivity index (χ2v) is 7.28. The molecule has 5 nitrogen and oxygen atoms in total. The highest BCUT2D eigenvalue weighted by molar-refractivity contribution is 6.08. The van der Waals surface area contributed by atoms with Gasteiger partial charge in [-0.2, -0.15) is 0 Å². The normalized spacial score (nSPS) is 13.0. The van der Waals surface area contributed by atoms with Crippen LogP contribution in [-0.4, -0.2) is 22.4 Å². The maximum Gasteiger partial charge on any atom is 0.254 e. The van der Waals surface area contributed by atoms with Gasteiger partial charge >= 0.3 is 0 Å². The van der Waals surface area contributed by atoms with Crippen LogP contribution in [0.15, 0.2) is 30.5 Å². The van der Waals surface area contributed by atoms with Gasteiger partial charge in [-0.3, -0.25) is 9.59 Å². The Morgan fingerprint density at radius 1 is 1.25 bits per heavy atom. The highest BCUT2D eigenvalue weighted by Gasteiger charge is 2.32. The molecule has 1 heterocycles. The zero-order valence-electron chi connectivity index (χ0n) is 14.9. The maximum absolute atomic E-state index is 12.8. The number of para-hydroxylation sites is 1. The van der Waals surface area contributed by atoms with Crippen molar-refractivity contribution in [1.82, 2.24) is 9.88 Å². The Bertz CT molecular complexity index is 741. The number of nitrogens with two attached hydrogens (primary N) is 1. The van der Waals surface area contributed by atoms with Gasteiger partial charge in [0.1, 0.15) is 6.04 Å². The standard InChI is InChI=1S/C19H27N3O2/c1-5-6-11-22-12-14(13-9-7-8-10-15(13)22)18(24)21-16(17(20)23)19(2,3)4/h7-10,12,16H,5-6,11H2,1-4H3,(H2,20,23)(H,21,24)/t16-/m1/s1. The SMILES string of the molecule is CCCCn1cc(C(=O)N[C@H](C(N)=O)C(C)(C)C)c2ccccc21. The minimum atomic E-state index is -0.720. The number of aryl methyl sites for hydroxylation is 1. The van der Waals surface area contributed by atoms with E-state index in [1.807, 2.05) is 51.2 Å². The first-order valence-corrected chi connectivity index (χ1v) is 8.43. The van der Waals surface area contributed by atoms with E-state index in [2.05, 4.69) is 16.8 Å². The highest BCUT2D eigenvalue weighted by atomic mass is 16.2. The molecule has 130 valence electrons. The Hall–Kier alpha value is -2.30. The summed E-state index contributed by atoms with van der Waals surface area (Å²) in [6.45, 7) is 8.65. The molecule has 2 aromatic rings. The van der Waals surface area contributed by atoms with E-state index < -0.39 is 17.4 Å². The van der Waals surface area contributed by atoms with E-state index in [0.29, 0.717) is 5.56 Å². The van der Waals surface area contributed by atoms with Crippen molar-refractivity contribution in [1.29, 1.82) is 0 Å². The van der Waals surface area contributed by atoms with Crippen molar-refractivity contribution in [2.45, 2.75) is 53.1 Å². The molecule has 2 rings (SSSR count). The maximum atomic E-state index is 12.8. The molecule has 1 aromatic heterocycles. The average Bonchev–Trinajstić information content (AvgIpc) is 2.88. The molecule has 0 aliphatic rings. The van der Waals surface area contributed by atoms with Gasteiger partial charge in [-0.25, -0.2) is 0 Å². The van der Waals surface area contributed by atoms with E-state index in [1.165, 1.54) is 0 Å². The van der Waals surface area contributed by atoms with Gasteiger partial charge in [-0.1, -0.05) is 52.3 Å². The molecule has 24 heavy (non-hydrogen) atoms. The Morgan fingerprint density at radius 3 is 2.50 bits per heavy atom. The molecule has 5 heteroatoms. The van der Waals surface area contributed by atoms with Gasteiger partial charge in [0.25, 0.3) is 5.91 Å². The third kappa shape index (κ3) is 3.78. The summed E-state index contributed by atoms with van der Waals surface area (Å²) in [6.07, 6.45) is 4.00. The fourth-order valence-electron chi connectivity index (χ4n) is 2.86. The van der Waals surface area contributed by atoms with Crippen LogP contribution in [0, 0.1) is 5.41 Å². The monoisotopic (exact) mass is 329 g/mol. The smallest absolute Gasteiger partial charge is 0.254 e. The number of hydrogen-bond donors (Lipinski definition) is 2. The van der Waals surface area contributed by atoms with Crippen molar-refractivity contribution in [3.63, 3.8) is 0 Å². The minimum Gasteiger partial charge on any atom is -0.368 e. The van der Waals surface area contributed by atoms with Crippen molar-refractivity contribution in [3.05, 3.63) is 36.0 Å². The molecule has 0 aliphatic carbocycles. The second kappa shape index (κ2) is 7.07. The molecule has 1 atom stereocenters. The molecule has 0 saturated carbocycles. The topological polar surface area (TPSA) is 77.1 Å². The minimum absolute atomic E-state index is 0.264. The van der Waals surface area contributed by atoms with E-state index in [1.54, 1.807) is 0 Å². The van der Waals surface area contributed by atoms with Crippen LogP contribution in [-0.2, 0) is 11.3 Å². The zero-order chi connectivity index (χ0) is 17.9. The van der Waals surface area contributed by atoms with E-state index in [-0.39, 0.29) is 5.91 Å². The number of amides is 2. The first-order valence-electron chi connectivity index (χ1n) is 8.43. The number of primary amides is 1. The predicted molar refractivity (Wildman–Crippen MR) is 96.7 cm³/mol. The molecule has 3 N–H and O–H groups in total. The van der Waals surface area contributed by atoms with Crippen molar-refractivity contribution in [3.8, 4) is 0 Å². The lowest BCUT2D eigenvalue weighted by molar-refractivity contribution is -0.122. The number of benzene rings is 1. The number of aromatic nitrogens is 1. The van der Waals surface area contributed by atoms with Crippen molar-refractivity contribution in [2.24, 2.45) is 11.1 Å². The Morgan fingerprint density at radius 2 is 1.92 bits per heavy atom. The van der Waals surface area contributed by atoms with Crippen molar-refractivity contribution in [2.75, 3.05) is 0 Å². The second-order valence-electron chi connectivity index (χ2n) is 7.28. The van der Waals surface area contributed by atoms with Gasteiger partial charge < -0.3 is 15.6 Å². The Labute approximate surface area is 143 Å². The van der Waals surface area contributed by atoms with Crippen LogP contribution in [0.4, 0.5) is 0 Å². The van der Waals surface area contributed by atoms with Gasteiger partial charge in [0.05, 0.1) is 5.56 Å². The molecule has 0 fully saturated rings. The third-order valence-electron chi connectivity index (χ3n) is 4.21. The van der Waals surface area contributed by atoms with Crippen LogP contribution in [0.2, 0.25) is 0 Å².